The fraction of sp³-hybridized carbons (Fsp3) is 0.111. The van der Waals surface area contributed by atoms with Crippen LogP contribution in [0.5, 0.6) is 0 Å². The third kappa shape index (κ3) is 2.87. The maximum absolute atomic E-state index is 13.6. The number of aryl methyl sites for hydroxylation is 1. The Kier molecular flexibility index (Phi) is 4.00. The number of hydrogen-bond donors (Lipinski definition) is 0. The molecular formula is C18H11ClF3N3S. The first-order valence-electron chi connectivity index (χ1n) is 7.62. The van der Waals surface area contributed by atoms with Crippen molar-refractivity contribution in [2.75, 3.05) is 0 Å². The number of nitrogens with zero attached hydrogens (tertiary/aromatic N) is 3. The van der Waals surface area contributed by atoms with Crippen molar-refractivity contribution in [1.82, 2.24) is 14.6 Å². The van der Waals surface area contributed by atoms with Gasteiger partial charge >= 0.3 is 6.18 Å². The molecule has 0 saturated heterocycles. The molecule has 4 aromatic rings. The van der Waals surface area contributed by atoms with Gasteiger partial charge in [0.2, 0.25) is 0 Å². The lowest BCUT2D eigenvalue weighted by atomic mass is 10.1. The molecule has 4 rings (SSSR count). The molecule has 0 aliphatic carbocycles. The first-order chi connectivity index (χ1) is 12.3. The van der Waals surface area contributed by atoms with E-state index in [-0.39, 0.29) is 11.3 Å². The number of aromatic nitrogens is 3. The topological polar surface area (TPSA) is 30.2 Å². The second-order valence-corrected chi connectivity index (χ2v) is 7.09. The minimum Gasteiger partial charge on any atom is -0.227 e. The highest BCUT2D eigenvalue weighted by molar-refractivity contribution is 7.13. The lowest BCUT2D eigenvalue weighted by Crippen LogP contribution is -2.13. The maximum Gasteiger partial charge on any atom is 0.433 e. The summed E-state index contributed by atoms with van der Waals surface area (Å²) in [6.45, 7) is 1.67. The smallest absolute Gasteiger partial charge is 0.227 e. The third-order valence-corrected chi connectivity index (χ3v) is 5.11. The standard InChI is InChI=1S/C18H11ClF3N3S/c1-10-16(11-4-6-12(19)7-5-11)17-23-13(14-3-2-8-26-14)9-15(18(20,21)22)25(17)24-10/h2-9H,1H3. The number of benzene rings is 1. The molecule has 0 saturated carbocycles. The van der Waals surface area contributed by atoms with E-state index in [4.69, 9.17) is 11.6 Å². The molecule has 132 valence electrons. The molecule has 0 spiro atoms. The van der Waals surface area contributed by atoms with E-state index in [0.717, 1.165) is 10.6 Å². The summed E-state index contributed by atoms with van der Waals surface area (Å²) in [5.41, 5.74) is 1.33. The van der Waals surface area contributed by atoms with E-state index in [0.29, 0.717) is 26.7 Å². The molecule has 0 N–H and O–H groups in total. The summed E-state index contributed by atoms with van der Waals surface area (Å²) in [5.74, 6) is 0. The Balaban J connectivity index is 2.06. The van der Waals surface area contributed by atoms with E-state index < -0.39 is 11.9 Å². The van der Waals surface area contributed by atoms with Gasteiger partial charge in [-0.3, -0.25) is 0 Å². The van der Waals surface area contributed by atoms with Gasteiger partial charge in [-0.05, 0) is 42.1 Å². The summed E-state index contributed by atoms with van der Waals surface area (Å²) in [5, 5.41) is 6.45. The van der Waals surface area contributed by atoms with Crippen LogP contribution in [0.1, 0.15) is 11.4 Å². The van der Waals surface area contributed by atoms with Crippen molar-refractivity contribution in [3.8, 4) is 21.7 Å². The molecule has 26 heavy (non-hydrogen) atoms. The highest BCUT2D eigenvalue weighted by Crippen LogP contribution is 2.36. The van der Waals surface area contributed by atoms with E-state index in [2.05, 4.69) is 10.1 Å². The SMILES string of the molecule is Cc1nn2c(C(F)(F)F)cc(-c3cccs3)nc2c1-c1ccc(Cl)cc1. The lowest BCUT2D eigenvalue weighted by Gasteiger charge is -2.11. The largest absolute Gasteiger partial charge is 0.433 e. The molecule has 0 amide bonds. The van der Waals surface area contributed by atoms with Crippen molar-refractivity contribution in [2.45, 2.75) is 13.1 Å². The van der Waals surface area contributed by atoms with Crippen LogP contribution in [0, 0.1) is 6.92 Å². The van der Waals surface area contributed by atoms with Crippen LogP contribution in [0.25, 0.3) is 27.3 Å². The fourth-order valence-corrected chi connectivity index (χ4v) is 3.64. The first-order valence-corrected chi connectivity index (χ1v) is 8.88. The van der Waals surface area contributed by atoms with Crippen LogP contribution in [0.3, 0.4) is 0 Å². The second kappa shape index (κ2) is 6.10. The summed E-state index contributed by atoms with van der Waals surface area (Å²) < 4.78 is 41.8. The predicted octanol–water partition coefficient (Wildman–Crippen LogP) is 6.11. The predicted molar refractivity (Wildman–Crippen MR) is 96.5 cm³/mol. The molecule has 3 heterocycles. The Morgan fingerprint density at radius 2 is 1.85 bits per heavy atom. The molecule has 0 radical (unpaired) electrons. The van der Waals surface area contributed by atoms with Crippen LogP contribution >= 0.6 is 22.9 Å². The molecule has 8 heteroatoms. The van der Waals surface area contributed by atoms with Crippen LogP contribution in [-0.2, 0) is 6.18 Å². The Hall–Kier alpha value is -2.38. The maximum atomic E-state index is 13.6. The van der Waals surface area contributed by atoms with Gasteiger partial charge in [0.1, 0.15) is 0 Å². The highest BCUT2D eigenvalue weighted by Gasteiger charge is 2.36. The fourth-order valence-electron chi connectivity index (χ4n) is 2.83. The molecular weight excluding hydrogens is 383 g/mol. The van der Waals surface area contributed by atoms with E-state index in [1.807, 2.05) is 0 Å². The summed E-state index contributed by atoms with van der Waals surface area (Å²) in [6, 6.07) is 11.4. The molecule has 0 fully saturated rings. The normalized spacial score (nSPS) is 12.0. The average molecular weight is 394 g/mol. The summed E-state index contributed by atoms with van der Waals surface area (Å²) in [7, 11) is 0. The van der Waals surface area contributed by atoms with Crippen LogP contribution in [0.4, 0.5) is 13.2 Å². The van der Waals surface area contributed by atoms with Crippen LogP contribution < -0.4 is 0 Å². The highest BCUT2D eigenvalue weighted by atomic mass is 35.5. The summed E-state index contributed by atoms with van der Waals surface area (Å²) >= 11 is 7.26. The monoisotopic (exact) mass is 393 g/mol. The Labute approximate surface area is 155 Å². The first kappa shape index (κ1) is 17.1. The van der Waals surface area contributed by atoms with Gasteiger partial charge in [0, 0.05) is 10.6 Å². The van der Waals surface area contributed by atoms with Gasteiger partial charge < -0.3 is 0 Å². The van der Waals surface area contributed by atoms with Crippen molar-refractivity contribution >= 4 is 28.6 Å². The molecule has 0 atom stereocenters. The summed E-state index contributed by atoms with van der Waals surface area (Å²) in [6.07, 6.45) is -4.55. The third-order valence-electron chi connectivity index (χ3n) is 3.96. The quantitative estimate of drug-likeness (QED) is 0.411. The Morgan fingerprint density at radius 3 is 2.46 bits per heavy atom. The average Bonchev–Trinajstić information content (AvgIpc) is 3.21. The zero-order chi connectivity index (χ0) is 18.5. The van der Waals surface area contributed by atoms with E-state index in [1.54, 1.807) is 48.7 Å². The number of halogens is 4. The molecule has 0 bridgehead atoms. The van der Waals surface area contributed by atoms with Crippen molar-refractivity contribution in [1.29, 1.82) is 0 Å². The Bertz CT molecular complexity index is 1080. The van der Waals surface area contributed by atoms with Gasteiger partial charge in [-0.1, -0.05) is 29.8 Å². The zero-order valence-electron chi connectivity index (χ0n) is 13.4. The molecule has 3 aromatic heterocycles. The van der Waals surface area contributed by atoms with Crippen molar-refractivity contribution in [2.24, 2.45) is 0 Å². The summed E-state index contributed by atoms with van der Waals surface area (Å²) in [4.78, 5) is 5.15. The van der Waals surface area contributed by atoms with Gasteiger partial charge in [-0.2, -0.15) is 18.3 Å². The minimum atomic E-state index is -4.55. The van der Waals surface area contributed by atoms with Crippen molar-refractivity contribution in [3.63, 3.8) is 0 Å². The number of fused-ring (bicyclic) bond motifs is 1. The second-order valence-electron chi connectivity index (χ2n) is 5.70. The van der Waals surface area contributed by atoms with Crippen molar-refractivity contribution < 1.29 is 13.2 Å². The minimum absolute atomic E-state index is 0.169. The lowest BCUT2D eigenvalue weighted by molar-refractivity contribution is -0.142. The number of alkyl halides is 3. The molecule has 1 aromatic carbocycles. The van der Waals surface area contributed by atoms with Gasteiger partial charge in [0.15, 0.2) is 11.3 Å². The van der Waals surface area contributed by atoms with Crippen molar-refractivity contribution in [3.05, 3.63) is 64.3 Å². The molecule has 3 nitrogen and oxygen atoms in total. The molecule has 0 unspecified atom stereocenters. The molecule has 0 aliphatic rings. The van der Waals surface area contributed by atoms with Crippen LogP contribution in [0.2, 0.25) is 5.02 Å². The van der Waals surface area contributed by atoms with Gasteiger partial charge in [-0.25, -0.2) is 9.50 Å². The van der Waals surface area contributed by atoms with Gasteiger partial charge in [-0.15, -0.1) is 11.3 Å². The van der Waals surface area contributed by atoms with Gasteiger partial charge in [0.25, 0.3) is 0 Å². The van der Waals surface area contributed by atoms with E-state index in [9.17, 15) is 13.2 Å². The van der Waals surface area contributed by atoms with E-state index in [1.165, 1.54) is 11.3 Å². The van der Waals surface area contributed by atoms with Gasteiger partial charge in [0.05, 0.1) is 16.3 Å². The number of rotatable bonds is 2. The number of thiophene rings is 1. The van der Waals surface area contributed by atoms with E-state index >= 15 is 0 Å². The number of hydrogen-bond acceptors (Lipinski definition) is 3. The Morgan fingerprint density at radius 1 is 1.12 bits per heavy atom. The van der Waals surface area contributed by atoms with Crippen LogP contribution in [-0.4, -0.2) is 14.6 Å². The molecule has 0 aliphatic heterocycles. The zero-order valence-corrected chi connectivity index (χ0v) is 15.0. The van der Waals surface area contributed by atoms with Crippen LogP contribution in [0.15, 0.2) is 47.8 Å².